The van der Waals surface area contributed by atoms with E-state index in [1.807, 2.05) is 68.4 Å². The van der Waals surface area contributed by atoms with Crippen molar-refractivity contribution in [1.82, 2.24) is 14.5 Å². The van der Waals surface area contributed by atoms with Gasteiger partial charge < -0.3 is 4.90 Å². The highest BCUT2D eigenvalue weighted by Crippen LogP contribution is 2.35. The van der Waals surface area contributed by atoms with Gasteiger partial charge in [0.05, 0.1) is 11.3 Å². The molecule has 2 unspecified atom stereocenters. The Balaban J connectivity index is 1.45. The molecule has 0 aliphatic carbocycles. The van der Waals surface area contributed by atoms with Gasteiger partial charge in [-0.1, -0.05) is 59.9 Å². The Morgan fingerprint density at radius 1 is 0.944 bits per heavy atom. The smallest absolute Gasteiger partial charge is 0.307 e. The second-order valence-electron chi connectivity index (χ2n) is 8.91. The number of aromatic nitrogens is 1. The number of carbonyl (C=O) groups is 2. The molecule has 10 heteroatoms. The van der Waals surface area contributed by atoms with Gasteiger partial charge in [0.15, 0.2) is 12.3 Å². The average molecular weight is 503 g/mol. The molecule has 2 atom stereocenters. The first-order chi connectivity index (χ1) is 17.5. The number of carbonyl (C=O) groups excluding carboxylic acids is 2. The molecule has 1 fully saturated rings. The van der Waals surface area contributed by atoms with Crippen LogP contribution >= 0.6 is 11.3 Å². The number of hydrogen-bond donors (Lipinski definition) is 1. The number of para-hydroxylation sites is 1. The maximum atomic E-state index is 13.7. The summed E-state index contributed by atoms with van der Waals surface area (Å²) in [6.07, 6.45) is -0.149. The molecule has 2 aromatic carbocycles. The molecule has 4 heterocycles. The zero-order valence-corrected chi connectivity index (χ0v) is 20.9. The van der Waals surface area contributed by atoms with Crippen LogP contribution in [0.5, 0.6) is 0 Å². The van der Waals surface area contributed by atoms with Crippen LogP contribution in [0.25, 0.3) is 5.57 Å². The van der Waals surface area contributed by atoms with E-state index < -0.39 is 12.3 Å². The molecule has 0 spiro atoms. The van der Waals surface area contributed by atoms with E-state index in [4.69, 9.17) is 4.99 Å². The van der Waals surface area contributed by atoms with E-state index in [1.165, 1.54) is 16.0 Å². The molecule has 6 rings (SSSR count). The van der Waals surface area contributed by atoms with E-state index >= 15 is 0 Å². The third kappa shape index (κ3) is 3.28. The van der Waals surface area contributed by atoms with Gasteiger partial charge in [-0.05, 0) is 31.9 Å². The minimum absolute atomic E-state index is 0.0991. The Bertz CT molecular complexity index is 1550. The molecule has 9 nitrogen and oxygen atoms in total. The molecular weight excluding hydrogens is 476 g/mol. The number of hydrogen-bond acceptors (Lipinski definition) is 6. The lowest BCUT2D eigenvalue weighted by molar-refractivity contribution is -0.113. The molecule has 36 heavy (non-hydrogen) atoms. The Morgan fingerprint density at radius 2 is 1.67 bits per heavy atom. The summed E-state index contributed by atoms with van der Waals surface area (Å²) in [6.45, 7) is 5.35. The average Bonchev–Trinajstić information content (AvgIpc) is 3.46. The van der Waals surface area contributed by atoms with E-state index in [2.05, 4.69) is 5.43 Å². The summed E-state index contributed by atoms with van der Waals surface area (Å²) < 4.78 is 1.75. The predicted octanol–water partition coefficient (Wildman–Crippen LogP) is 1.30. The standard InChI is InChI=1S/C26H26N6O3S/c1-3-29-21-22(30(4-2)26(29)35)28-32-24(34)20(36-25(32)27-21)19-17-12-8-9-13-18(17)31(23(19)33)15-14-16-10-6-5-7-11-16/h5-13,21-22,28H,3-4,14-15H2,1-2H3/b20-19-. The first kappa shape index (κ1) is 22.5. The molecule has 3 aromatic rings. The van der Waals surface area contributed by atoms with Crippen molar-refractivity contribution >= 4 is 34.5 Å². The normalized spacial score (nSPS) is 21.8. The summed E-state index contributed by atoms with van der Waals surface area (Å²) in [4.78, 5) is 50.5. The van der Waals surface area contributed by atoms with Gasteiger partial charge >= 0.3 is 6.03 Å². The van der Waals surface area contributed by atoms with Gasteiger partial charge in [-0.15, -0.1) is 0 Å². The quantitative estimate of drug-likeness (QED) is 0.570. The van der Waals surface area contributed by atoms with Crippen LogP contribution in [-0.2, 0) is 11.2 Å². The lowest BCUT2D eigenvalue weighted by Crippen LogP contribution is -2.55. The Kier molecular flexibility index (Phi) is 5.40. The Hall–Kier alpha value is -3.92. The second-order valence-corrected chi connectivity index (χ2v) is 9.89. The van der Waals surface area contributed by atoms with Gasteiger partial charge in [0.1, 0.15) is 4.53 Å². The molecule has 0 saturated carbocycles. The summed E-state index contributed by atoms with van der Waals surface area (Å²) in [5, 5.41) is 0. The number of likely N-dealkylation sites (N-methyl/N-ethyl adjacent to an activating group) is 2. The van der Waals surface area contributed by atoms with Crippen LogP contribution in [0.4, 0.5) is 10.5 Å². The van der Waals surface area contributed by atoms with Crippen molar-refractivity contribution in [3.63, 3.8) is 0 Å². The summed E-state index contributed by atoms with van der Waals surface area (Å²) in [6, 6.07) is 17.6. The summed E-state index contributed by atoms with van der Waals surface area (Å²) in [5.74, 6) is -0.177. The molecule has 184 valence electrons. The fourth-order valence-electron chi connectivity index (χ4n) is 5.24. The fraction of sp³-hybridized carbons (Fsp3) is 0.308. The fourth-order valence-corrected chi connectivity index (χ4v) is 6.28. The topological polar surface area (TPSA) is 90.3 Å². The van der Waals surface area contributed by atoms with E-state index in [0.717, 1.165) is 16.8 Å². The van der Waals surface area contributed by atoms with Crippen LogP contribution in [0, 0.1) is 0 Å². The summed E-state index contributed by atoms with van der Waals surface area (Å²) in [5.41, 5.74) is 6.01. The van der Waals surface area contributed by atoms with Crippen LogP contribution in [-0.4, -0.2) is 58.4 Å². The van der Waals surface area contributed by atoms with Crippen molar-refractivity contribution in [2.24, 2.45) is 4.99 Å². The third-order valence-corrected chi connectivity index (χ3v) is 8.07. The molecule has 1 saturated heterocycles. The van der Waals surface area contributed by atoms with Gasteiger partial charge in [0.25, 0.3) is 11.5 Å². The molecule has 3 aliphatic rings. The van der Waals surface area contributed by atoms with Gasteiger partial charge in [-0.25, -0.2) is 9.79 Å². The molecule has 3 aliphatic heterocycles. The zero-order chi connectivity index (χ0) is 25.0. The van der Waals surface area contributed by atoms with Crippen molar-refractivity contribution in [2.45, 2.75) is 32.6 Å². The molecule has 1 N–H and O–H groups in total. The number of amides is 3. The summed E-state index contributed by atoms with van der Waals surface area (Å²) >= 11 is 1.19. The van der Waals surface area contributed by atoms with Gasteiger partial charge in [0.2, 0.25) is 4.80 Å². The highest BCUT2D eigenvalue weighted by molar-refractivity contribution is 7.07. The van der Waals surface area contributed by atoms with Crippen molar-refractivity contribution < 1.29 is 9.59 Å². The highest BCUT2D eigenvalue weighted by Gasteiger charge is 2.47. The number of fused-ring (bicyclic) bond motifs is 3. The number of anilines is 1. The number of urea groups is 1. The Labute approximate surface area is 211 Å². The number of benzene rings is 2. The van der Waals surface area contributed by atoms with Crippen LogP contribution in [0.15, 0.2) is 64.4 Å². The predicted molar refractivity (Wildman–Crippen MR) is 138 cm³/mol. The monoisotopic (exact) mass is 502 g/mol. The van der Waals surface area contributed by atoms with Crippen LogP contribution in [0.3, 0.4) is 0 Å². The van der Waals surface area contributed by atoms with Crippen LogP contribution in [0.1, 0.15) is 25.0 Å². The molecule has 3 amide bonds. The van der Waals surface area contributed by atoms with Gasteiger partial charge in [-0.2, -0.15) is 4.68 Å². The zero-order valence-electron chi connectivity index (χ0n) is 20.0. The lowest BCUT2D eigenvalue weighted by atomic mass is 10.1. The number of nitrogens with zero attached hydrogens (tertiary/aromatic N) is 5. The first-order valence-electron chi connectivity index (χ1n) is 12.2. The SMILES string of the molecule is CCN1C(=O)N(CC)C2Nn3c(s/c(=C4\C(=O)N(CCc5ccccc5)c5ccccc54)c3=O)=NC21. The molecule has 0 bridgehead atoms. The van der Waals surface area contributed by atoms with E-state index in [0.29, 0.717) is 41.0 Å². The van der Waals surface area contributed by atoms with Crippen molar-refractivity contribution in [3.8, 4) is 0 Å². The molecule has 1 aromatic heterocycles. The van der Waals surface area contributed by atoms with Crippen LogP contribution < -0.4 is 25.2 Å². The maximum Gasteiger partial charge on any atom is 0.323 e. The highest BCUT2D eigenvalue weighted by atomic mass is 32.1. The van der Waals surface area contributed by atoms with Crippen molar-refractivity contribution in [2.75, 3.05) is 30.0 Å². The largest absolute Gasteiger partial charge is 0.323 e. The first-order valence-corrected chi connectivity index (χ1v) is 13.0. The number of nitrogens with one attached hydrogen (secondary N) is 1. The molecule has 0 radical (unpaired) electrons. The van der Waals surface area contributed by atoms with Crippen molar-refractivity contribution in [1.29, 1.82) is 0 Å². The number of thiazole rings is 1. The Morgan fingerprint density at radius 3 is 2.42 bits per heavy atom. The number of rotatable bonds is 5. The second kappa shape index (κ2) is 8.63. The lowest BCUT2D eigenvalue weighted by Gasteiger charge is -2.28. The van der Waals surface area contributed by atoms with Gasteiger partial charge in [-0.3, -0.25) is 24.8 Å². The van der Waals surface area contributed by atoms with E-state index in [9.17, 15) is 14.4 Å². The van der Waals surface area contributed by atoms with Gasteiger partial charge in [0, 0.05) is 25.2 Å². The third-order valence-electron chi connectivity index (χ3n) is 7.01. The van der Waals surface area contributed by atoms with Crippen molar-refractivity contribution in [3.05, 3.63) is 85.4 Å². The molecular formula is C26H26N6O3S. The maximum absolute atomic E-state index is 13.7. The minimum Gasteiger partial charge on any atom is -0.307 e. The van der Waals surface area contributed by atoms with E-state index in [-0.39, 0.29) is 17.5 Å². The van der Waals surface area contributed by atoms with E-state index in [1.54, 1.807) is 14.7 Å². The summed E-state index contributed by atoms with van der Waals surface area (Å²) in [7, 11) is 0. The minimum atomic E-state index is -0.436. The van der Waals surface area contributed by atoms with Crippen LogP contribution in [0.2, 0.25) is 0 Å².